The van der Waals surface area contributed by atoms with Crippen molar-refractivity contribution in [3.63, 3.8) is 0 Å². The van der Waals surface area contributed by atoms with Gasteiger partial charge in [-0.05, 0) is 56.6 Å². The summed E-state index contributed by atoms with van der Waals surface area (Å²) in [6, 6.07) is 6.00. The van der Waals surface area contributed by atoms with Gasteiger partial charge in [-0.3, -0.25) is 4.79 Å². The van der Waals surface area contributed by atoms with Crippen molar-refractivity contribution in [1.29, 1.82) is 0 Å². The van der Waals surface area contributed by atoms with Crippen LogP contribution in [-0.2, 0) is 18.3 Å². The molecule has 0 bridgehead atoms. The molecule has 11 heteroatoms. The summed E-state index contributed by atoms with van der Waals surface area (Å²) in [5, 5.41) is 29.2. The average molecular weight is 553 g/mol. The Balaban J connectivity index is 1.56. The van der Waals surface area contributed by atoms with Crippen LogP contribution in [-0.4, -0.2) is 60.8 Å². The van der Waals surface area contributed by atoms with Crippen molar-refractivity contribution < 1.29 is 24.6 Å². The number of carboxylic acid groups (broad SMARTS) is 1. The molecule has 2 atom stereocenters. The molecule has 3 amide bonds. The van der Waals surface area contributed by atoms with E-state index in [1.807, 2.05) is 55.9 Å². The molecule has 1 fully saturated rings. The summed E-state index contributed by atoms with van der Waals surface area (Å²) in [6.07, 6.45) is 5.10. The first-order valence-corrected chi connectivity index (χ1v) is 13.9. The van der Waals surface area contributed by atoms with Gasteiger partial charge < -0.3 is 35.7 Å². The quantitative estimate of drug-likeness (QED) is 0.226. The summed E-state index contributed by atoms with van der Waals surface area (Å²) in [4.78, 5) is 45.6. The zero-order chi connectivity index (χ0) is 29.0. The number of aliphatic hydroxyl groups is 1. The summed E-state index contributed by atoms with van der Waals surface area (Å²) in [5.41, 5.74) is 2.31. The molecule has 1 aromatic carbocycles. The number of benzene rings is 1. The number of aryl methyl sites for hydroxylation is 2. The Labute approximate surface area is 233 Å². The molecule has 1 aliphatic rings. The zero-order valence-corrected chi connectivity index (χ0v) is 23.5. The van der Waals surface area contributed by atoms with Crippen LogP contribution in [0.15, 0.2) is 30.5 Å². The number of amides is 3. The Morgan fingerprint density at radius 1 is 1.12 bits per heavy atom. The Kier molecular flexibility index (Phi) is 9.14. The van der Waals surface area contributed by atoms with Crippen molar-refractivity contribution in [2.24, 2.45) is 13.0 Å². The minimum Gasteiger partial charge on any atom is -0.476 e. The lowest BCUT2D eigenvalue weighted by Crippen LogP contribution is -2.53. The predicted octanol–water partition coefficient (Wildman–Crippen LogP) is 3.33. The highest BCUT2D eigenvalue weighted by atomic mass is 16.4. The van der Waals surface area contributed by atoms with Crippen molar-refractivity contribution >= 4 is 28.8 Å². The number of fused-ring (bicyclic) bond motifs is 1. The van der Waals surface area contributed by atoms with Crippen LogP contribution in [0.4, 0.5) is 4.79 Å². The molecule has 0 unspecified atom stereocenters. The molecule has 11 nitrogen and oxygen atoms in total. The normalized spacial score (nSPS) is 18.9. The summed E-state index contributed by atoms with van der Waals surface area (Å²) in [6.45, 7) is 5.59. The van der Waals surface area contributed by atoms with E-state index in [-0.39, 0.29) is 29.7 Å². The number of nitrogens with one attached hydrogen (secondary N) is 4. The third-order valence-electron chi connectivity index (χ3n) is 7.52. The van der Waals surface area contributed by atoms with E-state index in [1.54, 1.807) is 6.92 Å². The van der Waals surface area contributed by atoms with Gasteiger partial charge in [0.1, 0.15) is 11.9 Å². The van der Waals surface area contributed by atoms with Gasteiger partial charge in [0, 0.05) is 42.3 Å². The Bertz CT molecular complexity index is 1350. The maximum atomic E-state index is 13.7. The number of imidazole rings is 1. The average Bonchev–Trinajstić information content (AvgIpc) is 3.44. The fourth-order valence-electron chi connectivity index (χ4n) is 5.46. The fourth-order valence-corrected chi connectivity index (χ4v) is 5.46. The van der Waals surface area contributed by atoms with Crippen molar-refractivity contribution in [1.82, 2.24) is 30.5 Å². The molecule has 1 saturated carbocycles. The molecule has 3 aromatic rings. The smallest absolute Gasteiger partial charge is 0.356 e. The molecule has 6 N–H and O–H groups in total. The molecular formula is C29H40N6O5. The summed E-state index contributed by atoms with van der Waals surface area (Å²) < 4.78 is 2.01. The molecule has 0 saturated heterocycles. The summed E-state index contributed by atoms with van der Waals surface area (Å²) in [7, 11) is 1.95. The third-order valence-corrected chi connectivity index (χ3v) is 7.52. The number of urea groups is 1. The molecular weight excluding hydrogens is 512 g/mol. The van der Waals surface area contributed by atoms with Crippen LogP contribution < -0.4 is 16.0 Å². The highest BCUT2D eigenvalue weighted by molar-refractivity contribution is 5.88. The highest BCUT2D eigenvalue weighted by Gasteiger charge is 2.29. The number of carbonyl (C=O) groups is 3. The van der Waals surface area contributed by atoms with Crippen molar-refractivity contribution in [3.05, 3.63) is 53.2 Å². The largest absolute Gasteiger partial charge is 0.476 e. The van der Waals surface area contributed by atoms with Crippen LogP contribution in [0.1, 0.15) is 79.6 Å². The first-order valence-electron chi connectivity index (χ1n) is 13.9. The molecule has 2 heterocycles. The number of hydrogen-bond acceptors (Lipinski definition) is 5. The van der Waals surface area contributed by atoms with Gasteiger partial charge in [0.05, 0.1) is 12.1 Å². The minimum atomic E-state index is -1.15. The number of aromatic carboxylic acids is 1. The van der Waals surface area contributed by atoms with Gasteiger partial charge in [0.15, 0.2) is 5.69 Å². The second kappa shape index (κ2) is 12.5. The molecule has 2 aromatic heterocycles. The number of carboxylic acids is 1. The van der Waals surface area contributed by atoms with Crippen molar-refractivity contribution in [2.75, 3.05) is 0 Å². The number of aromatic nitrogens is 3. The van der Waals surface area contributed by atoms with Gasteiger partial charge in [0.2, 0.25) is 5.91 Å². The molecule has 0 radical (unpaired) electrons. The Morgan fingerprint density at radius 2 is 1.82 bits per heavy atom. The molecule has 4 rings (SSSR count). The summed E-state index contributed by atoms with van der Waals surface area (Å²) in [5.74, 6) is -1.06. The number of H-pyrrole nitrogens is 1. The van der Waals surface area contributed by atoms with Crippen LogP contribution in [0.25, 0.3) is 10.9 Å². The topological polar surface area (TPSA) is 161 Å². The SMILES string of the molecule is Cc1[nH]c([C@@H](Cc2cn(C)c3ccccc23)NC(=O)[C@H](CC(C)C)NC(=O)N[C@H]2CC[C@H](O)CC2)nc1C(=O)O. The number of para-hydroxylation sites is 1. The van der Waals surface area contributed by atoms with E-state index in [2.05, 4.69) is 25.9 Å². The third kappa shape index (κ3) is 7.01. The van der Waals surface area contributed by atoms with Gasteiger partial charge in [-0.25, -0.2) is 14.6 Å². The van der Waals surface area contributed by atoms with E-state index in [1.165, 1.54) is 0 Å². The first kappa shape index (κ1) is 29.1. The van der Waals surface area contributed by atoms with Gasteiger partial charge >= 0.3 is 12.0 Å². The second-order valence-corrected chi connectivity index (χ2v) is 11.3. The first-order chi connectivity index (χ1) is 19.0. The Morgan fingerprint density at radius 3 is 2.48 bits per heavy atom. The van der Waals surface area contributed by atoms with E-state index in [9.17, 15) is 24.6 Å². The lowest BCUT2D eigenvalue weighted by molar-refractivity contribution is -0.124. The number of aromatic amines is 1. The predicted molar refractivity (Wildman–Crippen MR) is 151 cm³/mol. The number of carbonyl (C=O) groups excluding carboxylic acids is 2. The van der Waals surface area contributed by atoms with E-state index in [4.69, 9.17) is 0 Å². The molecule has 1 aliphatic carbocycles. The maximum Gasteiger partial charge on any atom is 0.356 e. The van der Waals surface area contributed by atoms with Crippen LogP contribution in [0, 0.1) is 12.8 Å². The number of nitrogens with zero attached hydrogens (tertiary/aromatic N) is 2. The van der Waals surface area contributed by atoms with Crippen LogP contribution >= 0.6 is 0 Å². The van der Waals surface area contributed by atoms with E-state index >= 15 is 0 Å². The minimum absolute atomic E-state index is 0.0502. The van der Waals surface area contributed by atoms with Crippen molar-refractivity contribution in [3.8, 4) is 0 Å². The van der Waals surface area contributed by atoms with E-state index in [0.717, 1.165) is 16.5 Å². The fraction of sp³-hybridized carbons (Fsp3) is 0.517. The van der Waals surface area contributed by atoms with E-state index in [0.29, 0.717) is 50.0 Å². The van der Waals surface area contributed by atoms with Crippen molar-refractivity contribution in [2.45, 2.75) is 83.5 Å². The standard InChI is InChI=1S/C29H40N6O5/c1-16(2)13-23(33-29(40)31-19-9-11-20(36)12-10-19)27(37)32-22(26-30-17(3)25(34-26)28(38)39)14-18-15-35(4)24-8-6-5-7-21(18)24/h5-8,15-16,19-20,22-23,36H,9-14H2,1-4H3,(H,30,34)(H,32,37)(H,38,39)(H2,31,33,40)/t19-,20-,22-,23+/m1/s1. The van der Waals surface area contributed by atoms with Gasteiger partial charge in [-0.2, -0.15) is 0 Å². The van der Waals surface area contributed by atoms with Crippen LogP contribution in [0.2, 0.25) is 0 Å². The highest BCUT2D eigenvalue weighted by Crippen LogP contribution is 2.26. The number of rotatable bonds is 10. The van der Waals surface area contributed by atoms with Gasteiger partial charge in [-0.15, -0.1) is 0 Å². The number of aliphatic hydroxyl groups excluding tert-OH is 1. The molecule has 40 heavy (non-hydrogen) atoms. The van der Waals surface area contributed by atoms with Gasteiger partial charge in [-0.1, -0.05) is 32.0 Å². The monoisotopic (exact) mass is 552 g/mol. The van der Waals surface area contributed by atoms with Crippen LogP contribution in [0.5, 0.6) is 0 Å². The Hall–Kier alpha value is -3.86. The maximum absolute atomic E-state index is 13.7. The molecule has 0 aliphatic heterocycles. The number of hydrogen-bond donors (Lipinski definition) is 6. The molecule has 0 spiro atoms. The zero-order valence-electron chi connectivity index (χ0n) is 23.5. The lowest BCUT2D eigenvalue weighted by atomic mass is 9.93. The summed E-state index contributed by atoms with van der Waals surface area (Å²) >= 11 is 0. The van der Waals surface area contributed by atoms with Crippen LogP contribution in [0.3, 0.4) is 0 Å². The second-order valence-electron chi connectivity index (χ2n) is 11.3. The van der Waals surface area contributed by atoms with E-state index < -0.39 is 24.1 Å². The lowest BCUT2D eigenvalue weighted by Gasteiger charge is -2.28. The molecule has 216 valence electrons. The van der Waals surface area contributed by atoms with Gasteiger partial charge in [0.25, 0.3) is 0 Å².